The van der Waals surface area contributed by atoms with Crippen LogP contribution in [0.5, 0.6) is 0 Å². The topological polar surface area (TPSA) is 34.9 Å². The number of hydrogen-bond donors (Lipinski definition) is 0. The van der Waals surface area contributed by atoms with Gasteiger partial charge in [0.25, 0.3) is 5.56 Å². The van der Waals surface area contributed by atoms with Crippen molar-refractivity contribution in [2.45, 2.75) is 31.4 Å². The van der Waals surface area contributed by atoms with Gasteiger partial charge in [0.05, 0.1) is 21.9 Å². The second-order valence-corrected chi connectivity index (χ2v) is 6.10. The Labute approximate surface area is 132 Å². The molecular weight excluding hydrogens is 361 g/mol. The van der Waals surface area contributed by atoms with Gasteiger partial charge in [0.1, 0.15) is 0 Å². The van der Waals surface area contributed by atoms with E-state index in [0.29, 0.717) is 10.4 Å². The number of aromatic nitrogens is 2. The lowest BCUT2D eigenvalue weighted by Gasteiger charge is -2.26. The van der Waals surface area contributed by atoms with Crippen LogP contribution in [-0.2, 0) is 6.18 Å². The summed E-state index contributed by atoms with van der Waals surface area (Å²) >= 11 is 3.27. The van der Waals surface area contributed by atoms with Crippen molar-refractivity contribution in [3.8, 4) is 5.69 Å². The molecule has 0 unspecified atom stereocenters. The highest BCUT2D eigenvalue weighted by molar-refractivity contribution is 9.10. The number of hydrogen-bond acceptors (Lipinski definition) is 2. The van der Waals surface area contributed by atoms with Gasteiger partial charge in [-0.15, -0.1) is 0 Å². The molecular formula is C15H12BrF3N2O. The van der Waals surface area contributed by atoms with Crippen molar-refractivity contribution >= 4 is 15.9 Å². The number of nitrogens with zero attached hydrogens (tertiary/aromatic N) is 2. The molecule has 0 aliphatic heterocycles. The smallest absolute Gasteiger partial charge is 0.266 e. The predicted octanol–water partition coefficient (Wildman–Crippen LogP) is 4.28. The van der Waals surface area contributed by atoms with Crippen LogP contribution >= 0.6 is 15.9 Å². The van der Waals surface area contributed by atoms with Crippen LogP contribution in [0.3, 0.4) is 0 Å². The lowest BCUT2D eigenvalue weighted by Crippen LogP contribution is -2.25. The highest BCUT2D eigenvalue weighted by Gasteiger charge is 2.31. The summed E-state index contributed by atoms with van der Waals surface area (Å²) in [6.07, 6.45) is 0.243. The zero-order chi connectivity index (χ0) is 15.9. The molecule has 0 saturated heterocycles. The summed E-state index contributed by atoms with van der Waals surface area (Å²) in [7, 11) is 0. The maximum atomic E-state index is 12.8. The van der Waals surface area contributed by atoms with Crippen LogP contribution in [0.1, 0.15) is 36.3 Å². The summed E-state index contributed by atoms with van der Waals surface area (Å²) in [5.41, 5.74) is -0.318. The second-order valence-electron chi connectivity index (χ2n) is 5.31. The number of halogens is 4. The number of benzene rings is 1. The first kappa shape index (κ1) is 15.3. The molecule has 1 heterocycles. The number of alkyl halides is 3. The molecule has 1 aliphatic rings. The fourth-order valence-electron chi connectivity index (χ4n) is 2.45. The van der Waals surface area contributed by atoms with E-state index in [0.717, 1.165) is 41.6 Å². The second kappa shape index (κ2) is 5.53. The average Bonchev–Trinajstić information content (AvgIpc) is 2.41. The Bertz CT molecular complexity index is 766. The van der Waals surface area contributed by atoms with Gasteiger partial charge in [-0.25, -0.2) is 0 Å². The third kappa shape index (κ3) is 2.69. The molecule has 0 atom stereocenters. The van der Waals surface area contributed by atoms with Crippen LogP contribution in [-0.4, -0.2) is 9.78 Å². The van der Waals surface area contributed by atoms with Crippen LogP contribution in [0.4, 0.5) is 13.2 Å². The maximum absolute atomic E-state index is 12.8. The van der Waals surface area contributed by atoms with Crippen molar-refractivity contribution < 1.29 is 13.2 Å². The van der Waals surface area contributed by atoms with Crippen LogP contribution in [0.2, 0.25) is 0 Å². The van der Waals surface area contributed by atoms with E-state index in [-0.39, 0.29) is 5.69 Å². The summed E-state index contributed by atoms with van der Waals surface area (Å²) in [5.74, 6) is 0.311. The van der Waals surface area contributed by atoms with Crippen LogP contribution < -0.4 is 5.56 Å². The molecule has 0 N–H and O–H groups in total. The molecule has 0 spiro atoms. The minimum Gasteiger partial charge on any atom is -0.266 e. The van der Waals surface area contributed by atoms with Crippen molar-refractivity contribution in [2.24, 2.45) is 0 Å². The number of rotatable bonds is 2. The SMILES string of the molecule is O=c1c(Br)c(C2CCC2)cnn1-c1cccc(C(F)(F)F)c1. The summed E-state index contributed by atoms with van der Waals surface area (Å²) in [6.45, 7) is 0. The van der Waals surface area contributed by atoms with E-state index >= 15 is 0 Å². The van der Waals surface area contributed by atoms with E-state index in [9.17, 15) is 18.0 Å². The Kier molecular flexibility index (Phi) is 3.84. The first-order valence-corrected chi connectivity index (χ1v) is 7.62. The predicted molar refractivity (Wildman–Crippen MR) is 79.1 cm³/mol. The minimum absolute atomic E-state index is 0.0979. The monoisotopic (exact) mass is 372 g/mol. The third-order valence-electron chi connectivity index (χ3n) is 3.91. The molecule has 3 nitrogen and oxygen atoms in total. The molecule has 1 aliphatic carbocycles. The van der Waals surface area contributed by atoms with E-state index in [1.807, 2.05) is 0 Å². The fraction of sp³-hybridized carbons (Fsp3) is 0.333. The van der Waals surface area contributed by atoms with E-state index in [2.05, 4.69) is 21.0 Å². The van der Waals surface area contributed by atoms with Crippen molar-refractivity contribution in [1.82, 2.24) is 9.78 Å². The van der Waals surface area contributed by atoms with Gasteiger partial charge in [-0.05, 0) is 58.5 Å². The summed E-state index contributed by atoms with van der Waals surface area (Å²) in [6, 6.07) is 4.58. The molecule has 2 aromatic rings. The van der Waals surface area contributed by atoms with E-state index in [1.165, 1.54) is 12.1 Å². The van der Waals surface area contributed by atoms with E-state index < -0.39 is 17.3 Å². The molecule has 7 heteroatoms. The molecule has 1 aromatic heterocycles. The van der Waals surface area contributed by atoms with Gasteiger partial charge < -0.3 is 0 Å². The Hall–Kier alpha value is -1.63. The molecule has 1 saturated carbocycles. The van der Waals surface area contributed by atoms with Crippen molar-refractivity contribution in [1.29, 1.82) is 0 Å². The first-order valence-electron chi connectivity index (χ1n) is 6.83. The molecule has 1 fully saturated rings. The third-order valence-corrected chi connectivity index (χ3v) is 4.71. The molecule has 0 bridgehead atoms. The summed E-state index contributed by atoms with van der Waals surface area (Å²) in [5, 5.41) is 4.04. The van der Waals surface area contributed by atoms with Gasteiger partial charge in [-0.1, -0.05) is 12.5 Å². The van der Waals surface area contributed by atoms with Crippen molar-refractivity contribution in [3.63, 3.8) is 0 Å². The Morgan fingerprint density at radius 3 is 2.59 bits per heavy atom. The van der Waals surface area contributed by atoms with Gasteiger partial charge in [-0.2, -0.15) is 23.0 Å². The highest BCUT2D eigenvalue weighted by atomic mass is 79.9. The molecule has 1 aromatic carbocycles. The zero-order valence-corrected chi connectivity index (χ0v) is 13.0. The maximum Gasteiger partial charge on any atom is 0.416 e. The lowest BCUT2D eigenvalue weighted by molar-refractivity contribution is -0.137. The Balaban J connectivity index is 2.06. The largest absolute Gasteiger partial charge is 0.416 e. The molecule has 0 radical (unpaired) electrons. The molecule has 116 valence electrons. The Morgan fingerprint density at radius 2 is 2.00 bits per heavy atom. The minimum atomic E-state index is -4.46. The zero-order valence-electron chi connectivity index (χ0n) is 11.4. The van der Waals surface area contributed by atoms with E-state index in [1.54, 1.807) is 6.20 Å². The van der Waals surface area contributed by atoms with Crippen LogP contribution in [0.25, 0.3) is 5.69 Å². The first-order chi connectivity index (χ1) is 10.4. The quantitative estimate of drug-likeness (QED) is 0.788. The van der Waals surface area contributed by atoms with Gasteiger partial charge >= 0.3 is 6.18 Å². The molecule has 22 heavy (non-hydrogen) atoms. The van der Waals surface area contributed by atoms with Gasteiger partial charge in [0, 0.05) is 0 Å². The fourth-order valence-corrected chi connectivity index (χ4v) is 3.04. The molecule has 0 amide bonds. The van der Waals surface area contributed by atoms with Gasteiger partial charge in [0.15, 0.2) is 0 Å². The highest BCUT2D eigenvalue weighted by Crippen LogP contribution is 2.38. The summed E-state index contributed by atoms with van der Waals surface area (Å²) < 4.78 is 39.7. The Morgan fingerprint density at radius 1 is 1.27 bits per heavy atom. The lowest BCUT2D eigenvalue weighted by atomic mass is 9.81. The van der Waals surface area contributed by atoms with Crippen molar-refractivity contribution in [2.75, 3.05) is 0 Å². The van der Waals surface area contributed by atoms with Gasteiger partial charge in [-0.3, -0.25) is 4.79 Å². The van der Waals surface area contributed by atoms with Crippen LogP contribution in [0, 0.1) is 0 Å². The van der Waals surface area contributed by atoms with Crippen molar-refractivity contribution in [3.05, 3.63) is 56.4 Å². The summed E-state index contributed by atoms with van der Waals surface area (Å²) in [4.78, 5) is 12.4. The van der Waals surface area contributed by atoms with E-state index in [4.69, 9.17) is 0 Å². The normalized spacial score (nSPS) is 15.6. The van der Waals surface area contributed by atoms with Gasteiger partial charge in [0.2, 0.25) is 0 Å². The average molecular weight is 373 g/mol. The standard InChI is InChI=1S/C15H12BrF3N2O/c16-13-12(9-3-1-4-9)8-20-21(14(13)22)11-6-2-5-10(7-11)15(17,18)19/h2,5-9H,1,3-4H2. The van der Waals surface area contributed by atoms with Crippen LogP contribution in [0.15, 0.2) is 39.7 Å². The molecule has 3 rings (SSSR count).